The van der Waals surface area contributed by atoms with E-state index in [-0.39, 0.29) is 30.5 Å². The van der Waals surface area contributed by atoms with Gasteiger partial charge in [0.1, 0.15) is 11.9 Å². The fraction of sp³-hybridized carbons (Fsp3) is 0.296. The molecular formula is C27H25F3N2O6S. The van der Waals surface area contributed by atoms with Crippen LogP contribution >= 0.6 is 0 Å². The Hall–Kier alpha value is -3.61. The van der Waals surface area contributed by atoms with Crippen molar-refractivity contribution < 1.29 is 41.0 Å². The Morgan fingerprint density at radius 1 is 1.03 bits per heavy atom. The number of ether oxygens (including phenoxy) is 2. The molecular weight excluding hydrogens is 537 g/mol. The summed E-state index contributed by atoms with van der Waals surface area (Å²) in [5.74, 6) is -0.638. The van der Waals surface area contributed by atoms with Gasteiger partial charge in [-0.15, -0.1) is 0 Å². The van der Waals surface area contributed by atoms with Gasteiger partial charge in [0.25, 0.3) is 5.91 Å². The van der Waals surface area contributed by atoms with Gasteiger partial charge in [0.15, 0.2) is 0 Å². The quantitative estimate of drug-likeness (QED) is 0.436. The van der Waals surface area contributed by atoms with Gasteiger partial charge < -0.3 is 19.5 Å². The molecule has 1 saturated heterocycles. The molecule has 2 heterocycles. The zero-order valence-electron chi connectivity index (χ0n) is 20.8. The SMILES string of the molecule is CS(=O)(=O)Nc1cc(N2CCc3cc(-c4cc(C5COCCO5)cc(C(F)(F)F)c4)ccc3C2=O)ccc1O. The molecule has 12 heteroatoms. The first kappa shape index (κ1) is 27.0. The summed E-state index contributed by atoms with van der Waals surface area (Å²) in [5.41, 5.74) is 1.84. The third-order valence-electron chi connectivity index (χ3n) is 6.58. The van der Waals surface area contributed by atoms with Crippen LogP contribution in [0.4, 0.5) is 24.5 Å². The normalized spacial score (nSPS) is 18.1. The van der Waals surface area contributed by atoms with Crippen LogP contribution in [-0.2, 0) is 32.1 Å². The molecule has 39 heavy (non-hydrogen) atoms. The van der Waals surface area contributed by atoms with E-state index in [4.69, 9.17) is 9.47 Å². The van der Waals surface area contributed by atoms with Crippen LogP contribution in [0.15, 0.2) is 54.6 Å². The Morgan fingerprint density at radius 3 is 2.51 bits per heavy atom. The highest BCUT2D eigenvalue weighted by Crippen LogP contribution is 2.38. The lowest BCUT2D eigenvalue weighted by molar-refractivity contribution is -0.137. The van der Waals surface area contributed by atoms with Gasteiger partial charge in [-0.1, -0.05) is 12.1 Å². The lowest BCUT2D eigenvalue weighted by Crippen LogP contribution is -2.37. The first-order valence-electron chi connectivity index (χ1n) is 12.1. The molecule has 0 saturated carbocycles. The van der Waals surface area contributed by atoms with Gasteiger partial charge in [0, 0.05) is 17.8 Å². The molecule has 1 amide bonds. The number of sulfonamides is 1. The monoisotopic (exact) mass is 562 g/mol. The lowest BCUT2D eigenvalue weighted by atomic mass is 9.91. The molecule has 2 aliphatic heterocycles. The highest BCUT2D eigenvalue weighted by molar-refractivity contribution is 7.92. The molecule has 1 unspecified atom stereocenters. The maximum atomic E-state index is 13.7. The summed E-state index contributed by atoms with van der Waals surface area (Å²) in [6, 6.07) is 12.9. The number of carbonyl (C=O) groups is 1. The van der Waals surface area contributed by atoms with Gasteiger partial charge >= 0.3 is 6.18 Å². The summed E-state index contributed by atoms with van der Waals surface area (Å²) in [7, 11) is -3.66. The fourth-order valence-corrected chi connectivity index (χ4v) is 5.30. The second-order valence-electron chi connectivity index (χ2n) is 9.43. The van der Waals surface area contributed by atoms with Crippen molar-refractivity contribution in [2.75, 3.05) is 42.2 Å². The van der Waals surface area contributed by atoms with Crippen LogP contribution in [0.3, 0.4) is 0 Å². The van der Waals surface area contributed by atoms with E-state index in [9.17, 15) is 31.5 Å². The molecule has 1 fully saturated rings. The average Bonchev–Trinajstić information content (AvgIpc) is 2.89. The molecule has 0 aromatic heterocycles. The van der Waals surface area contributed by atoms with Gasteiger partial charge in [-0.25, -0.2) is 8.42 Å². The van der Waals surface area contributed by atoms with E-state index in [1.165, 1.54) is 23.1 Å². The number of hydrogen-bond donors (Lipinski definition) is 2. The topological polar surface area (TPSA) is 105 Å². The van der Waals surface area contributed by atoms with Crippen molar-refractivity contribution in [3.63, 3.8) is 0 Å². The van der Waals surface area contributed by atoms with E-state index in [0.29, 0.717) is 53.1 Å². The van der Waals surface area contributed by atoms with Crippen LogP contribution in [0.25, 0.3) is 11.1 Å². The molecule has 0 aliphatic carbocycles. The third kappa shape index (κ3) is 5.87. The van der Waals surface area contributed by atoms with Crippen molar-refractivity contribution in [2.45, 2.75) is 18.7 Å². The molecule has 5 rings (SSSR count). The molecule has 3 aromatic rings. The van der Waals surface area contributed by atoms with Crippen LogP contribution in [0.2, 0.25) is 0 Å². The minimum absolute atomic E-state index is 0.0587. The predicted molar refractivity (Wildman–Crippen MR) is 138 cm³/mol. The Morgan fingerprint density at radius 2 is 1.82 bits per heavy atom. The number of carbonyl (C=O) groups excluding carboxylic acids is 1. The highest BCUT2D eigenvalue weighted by atomic mass is 32.2. The molecule has 3 aromatic carbocycles. The second-order valence-corrected chi connectivity index (χ2v) is 11.2. The van der Waals surface area contributed by atoms with Crippen LogP contribution in [-0.4, -0.2) is 52.1 Å². The van der Waals surface area contributed by atoms with Crippen molar-refractivity contribution in [1.82, 2.24) is 0 Å². The summed E-state index contributed by atoms with van der Waals surface area (Å²) in [4.78, 5) is 14.8. The largest absolute Gasteiger partial charge is 0.506 e. The Bertz CT molecular complexity index is 1530. The van der Waals surface area contributed by atoms with Crippen molar-refractivity contribution >= 4 is 27.3 Å². The zero-order valence-corrected chi connectivity index (χ0v) is 21.6. The predicted octanol–water partition coefficient (Wildman–Crippen LogP) is 4.74. The minimum Gasteiger partial charge on any atom is -0.506 e. The Balaban J connectivity index is 1.47. The number of benzene rings is 3. The third-order valence-corrected chi connectivity index (χ3v) is 7.17. The van der Waals surface area contributed by atoms with Crippen LogP contribution in [0.1, 0.15) is 33.2 Å². The molecule has 8 nitrogen and oxygen atoms in total. The van der Waals surface area contributed by atoms with E-state index in [0.717, 1.165) is 18.4 Å². The number of nitrogens with one attached hydrogen (secondary N) is 1. The average molecular weight is 563 g/mol. The van der Waals surface area contributed by atoms with Crippen molar-refractivity contribution in [1.29, 1.82) is 0 Å². The molecule has 2 aliphatic rings. The molecule has 2 N–H and O–H groups in total. The number of anilines is 2. The summed E-state index contributed by atoms with van der Waals surface area (Å²) in [5, 5.41) is 10.0. The number of rotatable bonds is 5. The molecule has 0 radical (unpaired) electrons. The Labute approximate surface area is 223 Å². The number of alkyl halides is 3. The van der Waals surface area contributed by atoms with Gasteiger partial charge in [0.2, 0.25) is 10.0 Å². The van der Waals surface area contributed by atoms with Crippen molar-refractivity contribution in [3.05, 3.63) is 76.9 Å². The van der Waals surface area contributed by atoms with Crippen LogP contribution in [0, 0.1) is 0 Å². The van der Waals surface area contributed by atoms with Crippen LogP contribution in [0.5, 0.6) is 5.75 Å². The number of aromatic hydroxyl groups is 1. The maximum absolute atomic E-state index is 13.7. The van der Waals surface area contributed by atoms with Gasteiger partial charge in [-0.05, 0) is 71.1 Å². The molecule has 0 spiro atoms. The van der Waals surface area contributed by atoms with E-state index in [1.807, 2.05) is 0 Å². The van der Waals surface area contributed by atoms with Crippen molar-refractivity contribution in [3.8, 4) is 16.9 Å². The smallest absolute Gasteiger partial charge is 0.416 e. The number of nitrogens with zero attached hydrogens (tertiary/aromatic N) is 1. The zero-order chi connectivity index (χ0) is 27.9. The highest BCUT2D eigenvalue weighted by Gasteiger charge is 2.33. The van der Waals surface area contributed by atoms with E-state index < -0.39 is 27.9 Å². The van der Waals surface area contributed by atoms with Crippen molar-refractivity contribution in [2.24, 2.45) is 0 Å². The number of phenols is 1. The van der Waals surface area contributed by atoms with Gasteiger partial charge in [0.05, 0.1) is 37.3 Å². The Kier molecular flexibility index (Phi) is 7.04. The fourth-order valence-electron chi connectivity index (χ4n) is 4.74. The summed E-state index contributed by atoms with van der Waals surface area (Å²) >= 11 is 0. The molecule has 206 valence electrons. The van der Waals surface area contributed by atoms with Gasteiger partial charge in [-0.2, -0.15) is 13.2 Å². The van der Waals surface area contributed by atoms with Gasteiger partial charge in [-0.3, -0.25) is 9.52 Å². The van der Waals surface area contributed by atoms with E-state index in [2.05, 4.69) is 4.72 Å². The van der Waals surface area contributed by atoms with Crippen LogP contribution < -0.4 is 9.62 Å². The maximum Gasteiger partial charge on any atom is 0.416 e. The van der Waals surface area contributed by atoms with E-state index >= 15 is 0 Å². The second kappa shape index (κ2) is 10.2. The minimum atomic E-state index is -4.56. The number of phenolic OH excluding ortho intramolecular Hbond substituents is 1. The first-order chi connectivity index (χ1) is 18.4. The summed E-state index contributed by atoms with van der Waals surface area (Å²) in [6.45, 7) is 1.09. The standard InChI is InChI=1S/C27H25F3N2O6S/c1-39(35,36)31-23-14-21(3-5-24(23)33)32-7-6-17-10-16(2-4-22(17)26(32)34)18-11-19(25-15-37-8-9-38-25)13-20(12-18)27(28,29)30/h2-5,10-14,25,31,33H,6-9,15H2,1H3. The van der Waals surface area contributed by atoms with E-state index in [1.54, 1.807) is 24.3 Å². The number of hydrogen-bond acceptors (Lipinski definition) is 6. The summed E-state index contributed by atoms with van der Waals surface area (Å²) < 4.78 is 77.7. The summed E-state index contributed by atoms with van der Waals surface area (Å²) in [6.07, 6.45) is -3.81. The number of amides is 1. The lowest BCUT2D eigenvalue weighted by Gasteiger charge is -2.29. The molecule has 1 atom stereocenters. The first-order valence-corrected chi connectivity index (χ1v) is 14.0. The number of halogens is 3. The molecule has 0 bridgehead atoms. The number of fused-ring (bicyclic) bond motifs is 1.